The van der Waals surface area contributed by atoms with Gasteiger partial charge in [0.25, 0.3) is 5.91 Å². The largest absolute Gasteiger partial charge is 0.330 e. The molecule has 6 heteroatoms. The molecule has 3 aromatic carbocycles. The third kappa shape index (κ3) is 3.91. The second kappa shape index (κ2) is 7.57. The Kier molecular flexibility index (Phi) is 5.13. The summed E-state index contributed by atoms with van der Waals surface area (Å²) in [5.41, 5.74) is 1.47. The molecule has 0 radical (unpaired) electrons. The molecule has 0 unspecified atom stereocenters. The summed E-state index contributed by atoms with van der Waals surface area (Å²) in [5, 5.41) is 2.64. The lowest BCUT2D eigenvalue weighted by molar-refractivity contribution is 0.0682. The molecule has 1 fully saturated rings. The number of halogens is 1. The molecule has 1 saturated heterocycles. The van der Waals surface area contributed by atoms with E-state index in [1.54, 1.807) is 29.2 Å². The number of sulfone groups is 1. The summed E-state index contributed by atoms with van der Waals surface area (Å²) in [5.74, 6) is -0.0751. The van der Waals surface area contributed by atoms with Crippen molar-refractivity contribution in [3.05, 3.63) is 82.9 Å². The van der Waals surface area contributed by atoms with Gasteiger partial charge in [-0.15, -0.1) is 0 Å². The van der Waals surface area contributed by atoms with E-state index in [1.807, 2.05) is 42.5 Å². The second-order valence-corrected chi connectivity index (χ2v) is 9.80. The summed E-state index contributed by atoms with van der Waals surface area (Å²) >= 11 is 6.07. The molecule has 0 saturated carbocycles. The second-order valence-electron chi connectivity index (χ2n) is 7.14. The van der Waals surface area contributed by atoms with Crippen molar-refractivity contribution < 1.29 is 13.2 Å². The van der Waals surface area contributed by atoms with E-state index in [0.717, 1.165) is 16.3 Å². The summed E-state index contributed by atoms with van der Waals surface area (Å²) in [6.07, 6.45) is 0.458. The molecule has 0 bridgehead atoms. The highest BCUT2D eigenvalue weighted by Crippen LogP contribution is 2.26. The van der Waals surface area contributed by atoms with Gasteiger partial charge in [0, 0.05) is 23.2 Å². The van der Waals surface area contributed by atoms with Gasteiger partial charge >= 0.3 is 0 Å². The van der Waals surface area contributed by atoms with E-state index < -0.39 is 9.84 Å². The molecule has 1 heterocycles. The smallest absolute Gasteiger partial charge is 0.254 e. The molecule has 1 amide bonds. The lowest BCUT2D eigenvalue weighted by Crippen LogP contribution is -2.40. The average Bonchev–Trinajstić information content (AvgIpc) is 3.05. The van der Waals surface area contributed by atoms with Crippen LogP contribution in [0.3, 0.4) is 0 Å². The molecule has 4 rings (SSSR count). The molecule has 4 nitrogen and oxygen atoms in total. The fourth-order valence-electron chi connectivity index (χ4n) is 3.79. The number of carbonyl (C=O) groups is 1. The summed E-state index contributed by atoms with van der Waals surface area (Å²) in [7, 11) is -3.12. The van der Waals surface area contributed by atoms with Crippen LogP contribution in [0, 0.1) is 0 Å². The van der Waals surface area contributed by atoms with Crippen LogP contribution in [-0.4, -0.2) is 36.8 Å². The zero-order valence-corrected chi connectivity index (χ0v) is 16.8. The van der Waals surface area contributed by atoms with Crippen molar-refractivity contribution in [3.63, 3.8) is 0 Å². The number of hydrogen-bond acceptors (Lipinski definition) is 3. The number of carbonyl (C=O) groups excluding carboxylic acids is 1. The van der Waals surface area contributed by atoms with Crippen LogP contribution in [0.15, 0.2) is 66.7 Å². The highest BCUT2D eigenvalue weighted by atomic mass is 35.5. The Labute approximate surface area is 169 Å². The molecule has 0 aromatic heterocycles. The Morgan fingerprint density at radius 3 is 2.54 bits per heavy atom. The zero-order chi connectivity index (χ0) is 19.7. The molecule has 0 aliphatic carbocycles. The minimum absolute atomic E-state index is 0.00404. The number of amides is 1. The predicted molar refractivity (Wildman–Crippen MR) is 112 cm³/mol. The quantitative estimate of drug-likeness (QED) is 0.640. The van der Waals surface area contributed by atoms with Gasteiger partial charge < -0.3 is 4.90 Å². The van der Waals surface area contributed by atoms with Gasteiger partial charge in [-0.3, -0.25) is 4.79 Å². The highest BCUT2D eigenvalue weighted by Gasteiger charge is 2.35. The summed E-state index contributed by atoms with van der Waals surface area (Å²) in [4.78, 5) is 15.0. The highest BCUT2D eigenvalue weighted by molar-refractivity contribution is 7.91. The van der Waals surface area contributed by atoms with E-state index in [2.05, 4.69) is 0 Å². The lowest BCUT2D eigenvalue weighted by Gasteiger charge is -2.29. The Morgan fingerprint density at radius 2 is 1.79 bits per heavy atom. The van der Waals surface area contributed by atoms with Crippen LogP contribution in [0.1, 0.15) is 22.3 Å². The minimum atomic E-state index is -3.12. The molecule has 144 valence electrons. The molecule has 0 N–H and O–H groups in total. The Balaban J connectivity index is 1.73. The van der Waals surface area contributed by atoms with Gasteiger partial charge in [-0.05, 0) is 41.0 Å². The van der Waals surface area contributed by atoms with Crippen molar-refractivity contribution in [2.24, 2.45) is 0 Å². The van der Waals surface area contributed by atoms with E-state index in [0.29, 0.717) is 23.6 Å². The molecule has 1 aliphatic rings. The maximum atomic E-state index is 13.3. The van der Waals surface area contributed by atoms with E-state index in [1.165, 1.54) is 0 Å². The lowest BCUT2D eigenvalue weighted by atomic mass is 10.0. The van der Waals surface area contributed by atoms with Crippen LogP contribution in [0.2, 0.25) is 5.02 Å². The van der Waals surface area contributed by atoms with Crippen LogP contribution < -0.4 is 0 Å². The maximum Gasteiger partial charge on any atom is 0.254 e. The van der Waals surface area contributed by atoms with E-state index in [4.69, 9.17) is 11.6 Å². The van der Waals surface area contributed by atoms with Crippen molar-refractivity contribution in [1.29, 1.82) is 0 Å². The fourth-order valence-corrected chi connectivity index (χ4v) is 5.71. The molecule has 1 aliphatic heterocycles. The van der Waals surface area contributed by atoms with E-state index in [-0.39, 0.29) is 23.5 Å². The SMILES string of the molecule is O=C(c1cccc(Cl)c1)N(Cc1cccc2ccccc12)[C@@H]1CCS(=O)(=O)C1. The van der Waals surface area contributed by atoms with Crippen molar-refractivity contribution >= 4 is 38.1 Å². The topological polar surface area (TPSA) is 54.5 Å². The number of nitrogens with zero attached hydrogens (tertiary/aromatic N) is 1. The average molecular weight is 414 g/mol. The van der Waals surface area contributed by atoms with Crippen molar-refractivity contribution in [3.8, 4) is 0 Å². The first kappa shape index (κ1) is 19.0. The van der Waals surface area contributed by atoms with Gasteiger partial charge in [0.1, 0.15) is 0 Å². The van der Waals surface area contributed by atoms with Crippen LogP contribution in [-0.2, 0) is 16.4 Å². The first-order valence-corrected chi connectivity index (χ1v) is 11.4. The van der Waals surface area contributed by atoms with E-state index >= 15 is 0 Å². The van der Waals surface area contributed by atoms with Crippen LogP contribution >= 0.6 is 11.6 Å². The molecule has 1 atom stereocenters. The van der Waals surface area contributed by atoms with Crippen molar-refractivity contribution in [2.45, 2.75) is 19.0 Å². The van der Waals surface area contributed by atoms with Crippen LogP contribution in [0.4, 0.5) is 0 Å². The van der Waals surface area contributed by atoms with Crippen LogP contribution in [0.25, 0.3) is 10.8 Å². The normalized spacial score (nSPS) is 18.2. The third-order valence-electron chi connectivity index (χ3n) is 5.20. The Morgan fingerprint density at radius 1 is 1.04 bits per heavy atom. The van der Waals surface area contributed by atoms with Crippen LogP contribution in [0.5, 0.6) is 0 Å². The standard InChI is InChI=1S/C22H20ClNO3S/c23-19-9-4-7-17(13-19)22(25)24(20-11-12-28(26,27)15-20)14-18-8-3-6-16-5-1-2-10-21(16)18/h1-10,13,20H,11-12,14-15H2/t20-/m1/s1. The van der Waals surface area contributed by atoms with Gasteiger partial charge in [0.05, 0.1) is 11.5 Å². The summed E-state index contributed by atoms with van der Waals surface area (Å²) < 4.78 is 24.1. The minimum Gasteiger partial charge on any atom is -0.330 e. The van der Waals surface area contributed by atoms with Crippen molar-refractivity contribution in [2.75, 3.05) is 11.5 Å². The number of benzene rings is 3. The van der Waals surface area contributed by atoms with Crippen molar-refractivity contribution in [1.82, 2.24) is 4.90 Å². The number of rotatable bonds is 4. The third-order valence-corrected chi connectivity index (χ3v) is 7.19. The Hall–Kier alpha value is -2.37. The molecule has 28 heavy (non-hydrogen) atoms. The molecular weight excluding hydrogens is 394 g/mol. The van der Waals surface area contributed by atoms with Gasteiger partial charge in [-0.1, -0.05) is 60.1 Å². The first-order valence-electron chi connectivity index (χ1n) is 9.16. The Bertz CT molecular complexity index is 1140. The number of hydrogen-bond donors (Lipinski definition) is 0. The molecular formula is C22H20ClNO3S. The first-order chi connectivity index (χ1) is 13.4. The van der Waals surface area contributed by atoms with Gasteiger partial charge in [-0.25, -0.2) is 8.42 Å². The fraction of sp³-hybridized carbons (Fsp3) is 0.227. The maximum absolute atomic E-state index is 13.3. The van der Waals surface area contributed by atoms with Gasteiger partial charge in [-0.2, -0.15) is 0 Å². The van der Waals surface area contributed by atoms with Gasteiger partial charge in [0.2, 0.25) is 0 Å². The molecule has 3 aromatic rings. The summed E-state index contributed by atoms with van der Waals surface area (Å²) in [6, 6.07) is 20.4. The van der Waals surface area contributed by atoms with E-state index in [9.17, 15) is 13.2 Å². The monoisotopic (exact) mass is 413 g/mol. The van der Waals surface area contributed by atoms with Gasteiger partial charge in [0.15, 0.2) is 9.84 Å². The summed E-state index contributed by atoms with van der Waals surface area (Å²) in [6.45, 7) is 0.354. The predicted octanol–water partition coefficient (Wildman–Crippen LogP) is 4.32. The molecule has 0 spiro atoms. The zero-order valence-electron chi connectivity index (χ0n) is 15.2. The number of fused-ring (bicyclic) bond motifs is 1.